The minimum Gasteiger partial charge on any atom is -0.388 e. The lowest BCUT2D eigenvalue weighted by molar-refractivity contribution is -0.228. The number of aryl methyl sites for hydroxylation is 1. The molecule has 0 aromatic heterocycles. The summed E-state index contributed by atoms with van der Waals surface area (Å²) in [5.74, 6) is -0.956. The molecule has 29 heavy (non-hydrogen) atoms. The van der Waals surface area contributed by atoms with E-state index >= 15 is 0 Å². The van der Waals surface area contributed by atoms with E-state index in [0.29, 0.717) is 0 Å². The lowest BCUT2D eigenvalue weighted by Crippen LogP contribution is -2.46. The Morgan fingerprint density at radius 2 is 1.79 bits per heavy atom. The SMILES string of the molecule is Cc1ccc(S(=O)(=O)O[C@@H]2[C@H]3OC(C)(C)O[C@H]3O[C@@H]2[C@H](O)COC(C)(C)C)cc1. The van der Waals surface area contributed by atoms with Crippen molar-refractivity contribution in [3.8, 4) is 0 Å². The van der Waals surface area contributed by atoms with Gasteiger partial charge in [-0.2, -0.15) is 8.42 Å². The lowest BCUT2D eigenvalue weighted by atomic mass is 10.1. The number of fused-ring (bicyclic) bond motifs is 1. The van der Waals surface area contributed by atoms with Gasteiger partial charge in [-0.25, -0.2) is 0 Å². The normalized spacial score (nSPS) is 30.3. The van der Waals surface area contributed by atoms with Crippen LogP contribution < -0.4 is 0 Å². The van der Waals surface area contributed by atoms with Crippen LogP contribution in [0, 0.1) is 6.92 Å². The molecule has 164 valence electrons. The molecule has 1 N–H and O–H groups in total. The minimum absolute atomic E-state index is 0.0175. The first-order valence-electron chi connectivity index (χ1n) is 9.60. The number of aliphatic hydroxyl groups excluding tert-OH is 1. The number of ether oxygens (including phenoxy) is 4. The zero-order valence-corrected chi connectivity index (χ0v) is 18.4. The zero-order chi connectivity index (χ0) is 21.6. The van der Waals surface area contributed by atoms with E-state index in [0.717, 1.165) is 5.56 Å². The van der Waals surface area contributed by atoms with Gasteiger partial charge in [0.05, 0.1) is 17.1 Å². The van der Waals surface area contributed by atoms with E-state index in [1.807, 2.05) is 27.7 Å². The Hall–Kier alpha value is -1.07. The van der Waals surface area contributed by atoms with Crippen LogP contribution in [-0.2, 0) is 33.2 Å². The van der Waals surface area contributed by atoms with Gasteiger partial charge in [0.15, 0.2) is 12.1 Å². The third-order valence-electron chi connectivity index (χ3n) is 4.64. The minimum atomic E-state index is -4.11. The van der Waals surface area contributed by atoms with Crippen LogP contribution >= 0.6 is 0 Å². The van der Waals surface area contributed by atoms with E-state index in [9.17, 15) is 13.5 Å². The molecule has 0 amide bonds. The molecule has 9 heteroatoms. The zero-order valence-electron chi connectivity index (χ0n) is 17.6. The van der Waals surface area contributed by atoms with Gasteiger partial charge in [-0.05, 0) is 53.7 Å². The first-order valence-corrected chi connectivity index (χ1v) is 11.0. The highest BCUT2D eigenvalue weighted by molar-refractivity contribution is 7.86. The molecule has 0 spiro atoms. The maximum Gasteiger partial charge on any atom is 0.297 e. The van der Waals surface area contributed by atoms with Gasteiger partial charge in [-0.15, -0.1) is 0 Å². The fourth-order valence-electron chi connectivity index (χ4n) is 3.26. The van der Waals surface area contributed by atoms with Crippen LogP contribution in [0.5, 0.6) is 0 Å². The van der Waals surface area contributed by atoms with E-state index in [4.69, 9.17) is 23.1 Å². The Labute approximate surface area is 172 Å². The van der Waals surface area contributed by atoms with Crippen molar-refractivity contribution in [3.05, 3.63) is 29.8 Å². The van der Waals surface area contributed by atoms with Crippen molar-refractivity contribution in [1.82, 2.24) is 0 Å². The molecule has 0 aliphatic carbocycles. The van der Waals surface area contributed by atoms with Gasteiger partial charge in [0.25, 0.3) is 10.1 Å². The van der Waals surface area contributed by atoms with Gasteiger partial charge >= 0.3 is 0 Å². The summed E-state index contributed by atoms with van der Waals surface area (Å²) in [7, 11) is -4.11. The highest BCUT2D eigenvalue weighted by Crippen LogP contribution is 2.40. The fraction of sp³-hybridized carbons (Fsp3) is 0.700. The molecule has 8 nitrogen and oxygen atoms in total. The molecule has 0 bridgehead atoms. The molecule has 1 aromatic carbocycles. The average molecular weight is 431 g/mol. The molecule has 0 unspecified atom stereocenters. The summed E-state index contributed by atoms with van der Waals surface area (Å²) in [6.07, 6.45) is -4.87. The monoisotopic (exact) mass is 430 g/mol. The number of benzene rings is 1. The molecule has 0 radical (unpaired) electrons. The highest BCUT2D eigenvalue weighted by atomic mass is 32.2. The molecule has 0 saturated carbocycles. The van der Waals surface area contributed by atoms with Crippen LogP contribution in [0.4, 0.5) is 0 Å². The van der Waals surface area contributed by atoms with Crippen LogP contribution in [-0.4, -0.2) is 62.2 Å². The highest BCUT2D eigenvalue weighted by Gasteiger charge is 2.58. The fourth-order valence-corrected chi connectivity index (χ4v) is 4.35. The summed E-state index contributed by atoms with van der Waals surface area (Å²) in [5.41, 5.74) is 0.449. The second-order valence-corrected chi connectivity index (χ2v) is 10.5. The third-order valence-corrected chi connectivity index (χ3v) is 5.97. The Morgan fingerprint density at radius 1 is 1.17 bits per heavy atom. The van der Waals surface area contributed by atoms with Crippen LogP contribution in [0.15, 0.2) is 29.2 Å². The Bertz CT molecular complexity index is 812. The van der Waals surface area contributed by atoms with Crippen LogP contribution in [0.1, 0.15) is 40.2 Å². The Balaban J connectivity index is 1.82. The molecule has 5 atom stereocenters. The van der Waals surface area contributed by atoms with Gasteiger partial charge < -0.3 is 24.1 Å². The predicted molar refractivity (Wildman–Crippen MR) is 104 cm³/mol. The van der Waals surface area contributed by atoms with E-state index in [1.165, 1.54) is 12.1 Å². The predicted octanol–water partition coefficient (Wildman–Crippen LogP) is 2.12. The van der Waals surface area contributed by atoms with Gasteiger partial charge in [0.2, 0.25) is 0 Å². The summed E-state index contributed by atoms with van der Waals surface area (Å²) in [6, 6.07) is 6.32. The molecule has 2 aliphatic heterocycles. The standard InChI is InChI=1S/C20H30O8S/c1-12-7-9-13(10-8-12)29(22,23)28-16-15(14(21)11-24-19(2,3)4)25-18-17(16)26-20(5,6)27-18/h7-10,14-18,21H,11H2,1-6H3/t14-,15-,16+,17-,18-/m1/s1. The molecular weight excluding hydrogens is 400 g/mol. The van der Waals surface area contributed by atoms with Gasteiger partial charge in [0.1, 0.15) is 24.4 Å². The molecular formula is C20H30O8S. The Kier molecular flexibility index (Phi) is 6.15. The van der Waals surface area contributed by atoms with Crippen molar-refractivity contribution >= 4 is 10.1 Å². The van der Waals surface area contributed by atoms with Gasteiger partial charge in [-0.3, -0.25) is 4.18 Å². The van der Waals surface area contributed by atoms with E-state index < -0.39 is 52.2 Å². The van der Waals surface area contributed by atoms with Gasteiger partial charge in [-0.1, -0.05) is 17.7 Å². The first kappa shape index (κ1) is 22.6. The van der Waals surface area contributed by atoms with Crippen LogP contribution in [0.2, 0.25) is 0 Å². The molecule has 2 fully saturated rings. The van der Waals surface area contributed by atoms with Crippen LogP contribution in [0.25, 0.3) is 0 Å². The average Bonchev–Trinajstić information content (AvgIpc) is 3.05. The number of rotatable bonds is 6. The number of hydrogen-bond donors (Lipinski definition) is 1. The smallest absolute Gasteiger partial charge is 0.297 e. The maximum absolute atomic E-state index is 12.8. The molecule has 2 saturated heterocycles. The summed E-state index contributed by atoms with van der Waals surface area (Å²) in [6.45, 7) is 10.8. The van der Waals surface area contributed by atoms with Crippen molar-refractivity contribution in [2.24, 2.45) is 0 Å². The summed E-state index contributed by atoms with van der Waals surface area (Å²) < 4.78 is 54.2. The van der Waals surface area contributed by atoms with Crippen molar-refractivity contribution in [2.75, 3.05) is 6.61 Å². The van der Waals surface area contributed by atoms with Gasteiger partial charge in [0, 0.05) is 0 Å². The molecule has 2 aliphatic rings. The lowest BCUT2D eigenvalue weighted by Gasteiger charge is -2.29. The van der Waals surface area contributed by atoms with Crippen molar-refractivity contribution in [1.29, 1.82) is 0 Å². The van der Waals surface area contributed by atoms with E-state index in [-0.39, 0.29) is 11.5 Å². The van der Waals surface area contributed by atoms with E-state index in [2.05, 4.69) is 0 Å². The number of aliphatic hydroxyl groups is 1. The topological polar surface area (TPSA) is 101 Å². The second-order valence-electron chi connectivity index (χ2n) is 8.89. The summed E-state index contributed by atoms with van der Waals surface area (Å²) in [5, 5.41) is 10.6. The number of hydrogen-bond acceptors (Lipinski definition) is 8. The van der Waals surface area contributed by atoms with Crippen LogP contribution in [0.3, 0.4) is 0 Å². The Morgan fingerprint density at radius 3 is 2.38 bits per heavy atom. The third kappa shape index (κ3) is 5.35. The van der Waals surface area contributed by atoms with Crippen molar-refractivity contribution < 1.29 is 36.7 Å². The second kappa shape index (κ2) is 7.88. The largest absolute Gasteiger partial charge is 0.388 e. The van der Waals surface area contributed by atoms with E-state index in [1.54, 1.807) is 26.0 Å². The first-order chi connectivity index (χ1) is 13.3. The van der Waals surface area contributed by atoms with Crippen molar-refractivity contribution in [2.45, 2.75) is 88.5 Å². The quantitative estimate of drug-likeness (QED) is 0.685. The summed E-state index contributed by atoms with van der Waals surface area (Å²) in [4.78, 5) is 0.0175. The molecule has 2 heterocycles. The molecule has 3 rings (SSSR count). The maximum atomic E-state index is 12.8. The molecule has 1 aromatic rings. The summed E-state index contributed by atoms with van der Waals surface area (Å²) >= 11 is 0. The van der Waals surface area contributed by atoms with Crippen molar-refractivity contribution in [3.63, 3.8) is 0 Å².